The van der Waals surface area contributed by atoms with Crippen LogP contribution in [-0.2, 0) is 4.74 Å². The van der Waals surface area contributed by atoms with Gasteiger partial charge in [0.05, 0.1) is 24.6 Å². The van der Waals surface area contributed by atoms with E-state index < -0.39 is 5.82 Å². The van der Waals surface area contributed by atoms with E-state index in [-0.39, 0.29) is 5.56 Å². The van der Waals surface area contributed by atoms with E-state index in [0.717, 1.165) is 17.1 Å². The number of aromatic nitrogens is 6. The SMILES string of the molecule is O=c1cc(-c2ccccc2F)[nH]n1-c1cc(N2CCOCC2)n2nc(-c3ccncc3)cc2n1. The fourth-order valence-electron chi connectivity index (χ4n) is 4.13. The van der Waals surface area contributed by atoms with E-state index in [1.54, 1.807) is 35.1 Å². The number of benzene rings is 1. The predicted octanol–water partition coefficient (Wildman–Crippen LogP) is 2.91. The zero-order chi connectivity index (χ0) is 23.1. The molecule has 34 heavy (non-hydrogen) atoms. The van der Waals surface area contributed by atoms with Crippen molar-refractivity contribution in [2.45, 2.75) is 0 Å². The molecule has 0 radical (unpaired) electrons. The monoisotopic (exact) mass is 457 g/mol. The van der Waals surface area contributed by atoms with Gasteiger partial charge in [-0.15, -0.1) is 0 Å². The first-order valence-electron chi connectivity index (χ1n) is 10.9. The number of anilines is 1. The normalized spacial score (nSPS) is 14.1. The molecule has 0 saturated carbocycles. The highest BCUT2D eigenvalue weighted by Gasteiger charge is 2.20. The molecule has 1 aliphatic heterocycles. The van der Waals surface area contributed by atoms with E-state index >= 15 is 0 Å². The van der Waals surface area contributed by atoms with Gasteiger partial charge in [-0.3, -0.25) is 14.9 Å². The molecule has 10 heteroatoms. The van der Waals surface area contributed by atoms with Crippen LogP contribution in [0.25, 0.3) is 34.0 Å². The minimum atomic E-state index is -0.411. The second-order valence-electron chi connectivity index (χ2n) is 7.93. The van der Waals surface area contributed by atoms with E-state index in [1.807, 2.05) is 24.3 Å². The third-order valence-corrected chi connectivity index (χ3v) is 5.82. The highest BCUT2D eigenvalue weighted by molar-refractivity contribution is 5.67. The molecular formula is C24H20FN7O2. The van der Waals surface area contributed by atoms with Gasteiger partial charge < -0.3 is 9.64 Å². The van der Waals surface area contributed by atoms with E-state index in [0.29, 0.717) is 49.0 Å². The number of nitrogens with zero attached hydrogens (tertiary/aromatic N) is 6. The van der Waals surface area contributed by atoms with Crippen molar-refractivity contribution in [2.75, 3.05) is 31.2 Å². The summed E-state index contributed by atoms with van der Waals surface area (Å²) in [5, 5.41) is 7.79. The number of ether oxygens (including phenoxy) is 1. The minimum absolute atomic E-state index is 0.317. The summed E-state index contributed by atoms with van der Waals surface area (Å²) in [6, 6.07) is 15.1. The molecule has 1 fully saturated rings. The Morgan fingerprint density at radius 3 is 2.59 bits per heavy atom. The van der Waals surface area contributed by atoms with Crippen LogP contribution < -0.4 is 10.5 Å². The van der Waals surface area contributed by atoms with Gasteiger partial charge in [-0.1, -0.05) is 12.1 Å². The number of fused-ring (bicyclic) bond motifs is 1. The van der Waals surface area contributed by atoms with Crippen molar-refractivity contribution < 1.29 is 9.13 Å². The molecule has 0 atom stereocenters. The van der Waals surface area contributed by atoms with Crippen LogP contribution in [0.1, 0.15) is 0 Å². The first-order valence-corrected chi connectivity index (χ1v) is 10.9. The summed E-state index contributed by atoms with van der Waals surface area (Å²) in [5.41, 5.74) is 2.60. The largest absolute Gasteiger partial charge is 0.378 e. The zero-order valence-electron chi connectivity index (χ0n) is 18.1. The molecule has 1 N–H and O–H groups in total. The summed E-state index contributed by atoms with van der Waals surface area (Å²) in [7, 11) is 0. The van der Waals surface area contributed by atoms with Gasteiger partial charge in [0.25, 0.3) is 5.56 Å². The molecule has 170 valence electrons. The fraction of sp³-hybridized carbons (Fsp3) is 0.167. The predicted molar refractivity (Wildman–Crippen MR) is 125 cm³/mol. The second-order valence-corrected chi connectivity index (χ2v) is 7.93. The Kier molecular flexibility index (Phi) is 4.92. The Morgan fingerprint density at radius 1 is 1.00 bits per heavy atom. The summed E-state index contributed by atoms with van der Waals surface area (Å²) in [4.78, 5) is 23.8. The van der Waals surface area contributed by atoms with Gasteiger partial charge in [-0.25, -0.2) is 14.1 Å². The molecule has 1 saturated heterocycles. The van der Waals surface area contributed by atoms with Crippen LogP contribution in [0, 0.1) is 5.82 Å². The summed E-state index contributed by atoms with van der Waals surface area (Å²) < 4.78 is 22.9. The first-order chi connectivity index (χ1) is 16.7. The molecule has 0 aliphatic carbocycles. The van der Waals surface area contributed by atoms with Crippen LogP contribution in [-0.4, -0.2) is 55.7 Å². The van der Waals surface area contributed by atoms with Crippen LogP contribution >= 0.6 is 0 Å². The highest BCUT2D eigenvalue weighted by atomic mass is 19.1. The Bertz CT molecular complexity index is 1530. The van der Waals surface area contributed by atoms with Crippen LogP contribution in [0.2, 0.25) is 0 Å². The highest BCUT2D eigenvalue weighted by Crippen LogP contribution is 2.26. The average molecular weight is 457 g/mol. The smallest absolute Gasteiger partial charge is 0.273 e. The van der Waals surface area contributed by atoms with E-state index in [1.165, 1.54) is 16.8 Å². The van der Waals surface area contributed by atoms with Crippen LogP contribution in [0.4, 0.5) is 10.2 Å². The third kappa shape index (κ3) is 3.54. The Morgan fingerprint density at radius 2 is 1.79 bits per heavy atom. The molecule has 4 aromatic heterocycles. The molecule has 5 heterocycles. The number of halogens is 1. The Labute approximate surface area is 193 Å². The van der Waals surface area contributed by atoms with E-state index in [2.05, 4.69) is 15.0 Å². The molecule has 0 spiro atoms. The van der Waals surface area contributed by atoms with Crippen LogP contribution in [0.15, 0.2) is 71.8 Å². The lowest BCUT2D eigenvalue weighted by atomic mass is 10.1. The van der Waals surface area contributed by atoms with Gasteiger partial charge in [-0.05, 0) is 24.3 Å². The van der Waals surface area contributed by atoms with Crippen LogP contribution in [0.3, 0.4) is 0 Å². The lowest BCUT2D eigenvalue weighted by molar-refractivity contribution is 0.122. The summed E-state index contributed by atoms with van der Waals surface area (Å²) in [5.74, 6) is 0.770. The molecule has 1 aliphatic rings. The maximum atomic E-state index is 14.3. The van der Waals surface area contributed by atoms with Crippen molar-refractivity contribution >= 4 is 11.5 Å². The van der Waals surface area contributed by atoms with Crippen molar-refractivity contribution in [3.63, 3.8) is 0 Å². The van der Waals surface area contributed by atoms with Crippen molar-refractivity contribution in [3.8, 4) is 28.3 Å². The minimum Gasteiger partial charge on any atom is -0.378 e. The number of morpholine rings is 1. The van der Waals surface area contributed by atoms with Crippen molar-refractivity contribution in [2.24, 2.45) is 0 Å². The zero-order valence-corrected chi connectivity index (χ0v) is 18.1. The van der Waals surface area contributed by atoms with Gasteiger partial charge in [0.1, 0.15) is 11.6 Å². The standard InChI is InChI=1S/C24H20FN7O2/c25-18-4-2-1-3-17(18)20-14-24(33)32(29-20)22-15-23(30-9-11-34-12-10-30)31-21(27-22)13-19(28-31)16-5-7-26-8-6-16/h1-8,13-15,29H,9-12H2. The second kappa shape index (κ2) is 8.23. The Balaban J connectivity index is 1.52. The van der Waals surface area contributed by atoms with Gasteiger partial charge in [0, 0.05) is 54.8 Å². The number of aromatic amines is 1. The Hall–Kier alpha value is -4.31. The van der Waals surface area contributed by atoms with Gasteiger partial charge in [0.2, 0.25) is 0 Å². The number of H-pyrrole nitrogens is 1. The van der Waals surface area contributed by atoms with Crippen molar-refractivity contribution in [1.82, 2.24) is 29.4 Å². The van der Waals surface area contributed by atoms with Gasteiger partial charge in [0.15, 0.2) is 11.5 Å². The third-order valence-electron chi connectivity index (χ3n) is 5.82. The number of pyridine rings is 1. The van der Waals surface area contributed by atoms with Crippen molar-refractivity contribution in [1.29, 1.82) is 0 Å². The molecule has 0 amide bonds. The van der Waals surface area contributed by atoms with E-state index in [4.69, 9.17) is 14.8 Å². The molecule has 0 unspecified atom stereocenters. The topological polar surface area (TPSA) is 93.3 Å². The maximum absolute atomic E-state index is 14.3. The molecular weight excluding hydrogens is 437 g/mol. The lowest BCUT2D eigenvalue weighted by Crippen LogP contribution is -2.37. The summed E-state index contributed by atoms with van der Waals surface area (Å²) in [6.45, 7) is 2.56. The quantitative estimate of drug-likeness (QED) is 0.446. The number of hydrogen-bond donors (Lipinski definition) is 1. The maximum Gasteiger partial charge on any atom is 0.273 e. The average Bonchev–Trinajstić information content (AvgIpc) is 3.48. The lowest BCUT2D eigenvalue weighted by Gasteiger charge is -2.29. The van der Waals surface area contributed by atoms with Gasteiger partial charge >= 0.3 is 0 Å². The molecule has 6 rings (SSSR count). The summed E-state index contributed by atoms with van der Waals surface area (Å²) in [6.07, 6.45) is 3.42. The molecule has 5 aromatic rings. The number of hydrogen-bond acceptors (Lipinski definition) is 6. The van der Waals surface area contributed by atoms with E-state index in [9.17, 15) is 9.18 Å². The molecule has 0 bridgehead atoms. The fourth-order valence-corrected chi connectivity index (χ4v) is 4.13. The molecule has 1 aromatic carbocycles. The van der Waals surface area contributed by atoms with Crippen molar-refractivity contribution in [3.05, 3.63) is 83.2 Å². The first kappa shape index (κ1) is 20.3. The number of nitrogens with one attached hydrogen (secondary N) is 1. The molecule has 9 nitrogen and oxygen atoms in total. The van der Waals surface area contributed by atoms with Crippen LogP contribution in [0.5, 0.6) is 0 Å². The van der Waals surface area contributed by atoms with Gasteiger partial charge in [-0.2, -0.15) is 9.61 Å². The summed E-state index contributed by atoms with van der Waals surface area (Å²) >= 11 is 0. The number of rotatable bonds is 4.